The molecule has 0 radical (unpaired) electrons. The van der Waals surface area contributed by atoms with E-state index in [0.29, 0.717) is 38.4 Å². The SMILES string of the molecule is N#Cc1cc(Cl)cc(Oc2cc(OCc3ccccc3C#N)ccc2Cl)c1. The van der Waals surface area contributed by atoms with Crippen LogP contribution in [-0.2, 0) is 6.61 Å². The summed E-state index contributed by atoms with van der Waals surface area (Å²) >= 11 is 12.2. The molecule has 3 aromatic carbocycles. The van der Waals surface area contributed by atoms with Gasteiger partial charge in [0.25, 0.3) is 0 Å². The zero-order chi connectivity index (χ0) is 19.2. The predicted octanol–water partition coefficient (Wildman–Crippen LogP) is 6.11. The minimum atomic E-state index is 0.237. The molecule has 0 spiro atoms. The van der Waals surface area contributed by atoms with Crippen molar-refractivity contribution in [3.05, 3.63) is 87.4 Å². The normalized spacial score (nSPS) is 9.93. The van der Waals surface area contributed by atoms with Gasteiger partial charge in [-0.25, -0.2) is 0 Å². The molecular weight excluding hydrogens is 383 g/mol. The summed E-state index contributed by atoms with van der Waals surface area (Å²) in [5.41, 5.74) is 1.73. The first-order valence-corrected chi connectivity index (χ1v) is 8.63. The lowest BCUT2D eigenvalue weighted by molar-refractivity contribution is 0.304. The van der Waals surface area contributed by atoms with E-state index in [0.717, 1.165) is 5.56 Å². The Kier molecular flexibility index (Phi) is 5.84. The number of rotatable bonds is 5. The van der Waals surface area contributed by atoms with Crippen LogP contribution in [0.15, 0.2) is 60.7 Å². The lowest BCUT2D eigenvalue weighted by Gasteiger charge is -2.12. The van der Waals surface area contributed by atoms with Gasteiger partial charge in [-0.3, -0.25) is 0 Å². The molecule has 4 nitrogen and oxygen atoms in total. The van der Waals surface area contributed by atoms with Crippen LogP contribution in [0.3, 0.4) is 0 Å². The second-order valence-electron chi connectivity index (χ2n) is 5.54. The van der Waals surface area contributed by atoms with Crippen LogP contribution < -0.4 is 9.47 Å². The van der Waals surface area contributed by atoms with Crippen molar-refractivity contribution in [2.45, 2.75) is 6.61 Å². The summed E-state index contributed by atoms with van der Waals surface area (Å²) in [4.78, 5) is 0. The first-order chi connectivity index (χ1) is 13.1. The van der Waals surface area contributed by atoms with Crippen molar-refractivity contribution in [2.75, 3.05) is 0 Å². The Labute approximate surface area is 166 Å². The topological polar surface area (TPSA) is 66.0 Å². The summed E-state index contributed by atoms with van der Waals surface area (Å²) in [5, 5.41) is 19.0. The minimum absolute atomic E-state index is 0.237. The van der Waals surface area contributed by atoms with Gasteiger partial charge in [0.2, 0.25) is 0 Å². The number of hydrogen-bond donors (Lipinski definition) is 0. The molecule has 3 rings (SSSR count). The van der Waals surface area contributed by atoms with Crippen molar-refractivity contribution < 1.29 is 9.47 Å². The lowest BCUT2D eigenvalue weighted by atomic mass is 10.1. The monoisotopic (exact) mass is 394 g/mol. The third kappa shape index (κ3) is 4.71. The van der Waals surface area contributed by atoms with Gasteiger partial charge in [0.15, 0.2) is 0 Å². The van der Waals surface area contributed by atoms with Gasteiger partial charge < -0.3 is 9.47 Å². The van der Waals surface area contributed by atoms with E-state index in [-0.39, 0.29) is 6.61 Å². The van der Waals surface area contributed by atoms with E-state index in [9.17, 15) is 0 Å². The van der Waals surface area contributed by atoms with Gasteiger partial charge in [0, 0.05) is 16.7 Å². The number of halogens is 2. The zero-order valence-corrected chi connectivity index (χ0v) is 15.5. The third-order valence-corrected chi connectivity index (χ3v) is 4.19. The maximum Gasteiger partial charge on any atom is 0.149 e. The Morgan fingerprint density at radius 3 is 2.44 bits per heavy atom. The van der Waals surface area contributed by atoms with E-state index >= 15 is 0 Å². The molecule has 6 heteroatoms. The Balaban J connectivity index is 1.80. The van der Waals surface area contributed by atoms with Crippen LogP contribution >= 0.6 is 23.2 Å². The summed E-state index contributed by atoms with van der Waals surface area (Å²) in [6.45, 7) is 0.237. The summed E-state index contributed by atoms with van der Waals surface area (Å²) in [6.07, 6.45) is 0. The highest BCUT2D eigenvalue weighted by molar-refractivity contribution is 6.32. The van der Waals surface area contributed by atoms with Gasteiger partial charge in [0.1, 0.15) is 23.9 Å². The Morgan fingerprint density at radius 1 is 0.852 bits per heavy atom. The average molecular weight is 395 g/mol. The highest BCUT2D eigenvalue weighted by Crippen LogP contribution is 2.34. The van der Waals surface area contributed by atoms with Crippen molar-refractivity contribution >= 4 is 23.2 Å². The first-order valence-electron chi connectivity index (χ1n) is 7.88. The number of ether oxygens (including phenoxy) is 2. The van der Waals surface area contributed by atoms with Gasteiger partial charge in [-0.05, 0) is 36.4 Å². The van der Waals surface area contributed by atoms with Crippen molar-refractivity contribution in [1.82, 2.24) is 0 Å². The molecule has 0 fully saturated rings. The van der Waals surface area contributed by atoms with E-state index in [2.05, 4.69) is 6.07 Å². The van der Waals surface area contributed by atoms with Crippen LogP contribution in [-0.4, -0.2) is 0 Å². The van der Waals surface area contributed by atoms with Crippen molar-refractivity contribution in [3.63, 3.8) is 0 Å². The fraction of sp³-hybridized carbons (Fsp3) is 0.0476. The molecule has 0 heterocycles. The largest absolute Gasteiger partial charge is 0.489 e. The molecule has 0 amide bonds. The zero-order valence-electron chi connectivity index (χ0n) is 13.9. The second-order valence-corrected chi connectivity index (χ2v) is 6.38. The molecule has 132 valence electrons. The highest BCUT2D eigenvalue weighted by Gasteiger charge is 2.09. The molecule has 0 N–H and O–H groups in total. The van der Waals surface area contributed by atoms with Crippen molar-refractivity contribution in [1.29, 1.82) is 10.5 Å². The summed E-state index contributed by atoms with van der Waals surface area (Å²) in [6, 6.07) is 21.1. The third-order valence-electron chi connectivity index (χ3n) is 3.66. The van der Waals surface area contributed by atoms with E-state index < -0.39 is 0 Å². The molecule has 0 aliphatic carbocycles. The van der Waals surface area contributed by atoms with Crippen LogP contribution in [0.4, 0.5) is 0 Å². The molecule has 0 aliphatic heterocycles. The fourth-order valence-corrected chi connectivity index (χ4v) is 2.76. The summed E-state index contributed by atoms with van der Waals surface area (Å²) in [7, 11) is 0. The fourth-order valence-electron chi connectivity index (χ4n) is 2.38. The van der Waals surface area contributed by atoms with Gasteiger partial charge in [-0.2, -0.15) is 10.5 Å². The Morgan fingerprint density at radius 2 is 1.67 bits per heavy atom. The number of nitrogens with zero attached hydrogens (tertiary/aromatic N) is 2. The first kappa shape index (κ1) is 18.6. The van der Waals surface area contributed by atoms with E-state index in [1.165, 1.54) is 0 Å². The van der Waals surface area contributed by atoms with Gasteiger partial charge in [-0.1, -0.05) is 41.4 Å². The molecule has 0 aliphatic rings. The predicted molar refractivity (Wildman–Crippen MR) is 103 cm³/mol. The van der Waals surface area contributed by atoms with Crippen molar-refractivity contribution in [2.24, 2.45) is 0 Å². The quantitative estimate of drug-likeness (QED) is 0.523. The molecule has 27 heavy (non-hydrogen) atoms. The number of hydrogen-bond acceptors (Lipinski definition) is 4. The smallest absolute Gasteiger partial charge is 0.149 e. The van der Waals surface area contributed by atoms with Crippen LogP contribution in [0.2, 0.25) is 10.0 Å². The minimum Gasteiger partial charge on any atom is -0.489 e. The molecule has 0 aromatic heterocycles. The van der Waals surface area contributed by atoms with Crippen LogP contribution in [0, 0.1) is 22.7 Å². The Bertz CT molecular complexity index is 1070. The maximum atomic E-state index is 9.15. The average Bonchev–Trinajstić information content (AvgIpc) is 2.68. The number of nitriles is 2. The lowest BCUT2D eigenvalue weighted by Crippen LogP contribution is -1.98. The summed E-state index contributed by atoms with van der Waals surface area (Å²) < 4.78 is 11.5. The van der Waals surface area contributed by atoms with E-state index in [1.54, 1.807) is 48.5 Å². The molecule has 0 atom stereocenters. The maximum absolute atomic E-state index is 9.15. The van der Waals surface area contributed by atoms with E-state index in [4.69, 9.17) is 43.2 Å². The molecule has 0 bridgehead atoms. The van der Waals surface area contributed by atoms with Gasteiger partial charge in [0.05, 0.1) is 28.3 Å². The number of benzene rings is 3. The van der Waals surface area contributed by atoms with Gasteiger partial charge >= 0.3 is 0 Å². The standard InChI is InChI=1S/C21H12Cl2N2O2/c22-17-7-14(11-24)8-19(9-17)27-21-10-18(5-6-20(21)23)26-13-16-4-2-1-3-15(16)12-25/h1-10H,13H2. The highest BCUT2D eigenvalue weighted by atomic mass is 35.5. The summed E-state index contributed by atoms with van der Waals surface area (Å²) in [5.74, 6) is 1.30. The Hall–Kier alpha value is -3.18. The van der Waals surface area contributed by atoms with E-state index in [1.807, 2.05) is 18.2 Å². The van der Waals surface area contributed by atoms with Crippen LogP contribution in [0.1, 0.15) is 16.7 Å². The van der Waals surface area contributed by atoms with Crippen LogP contribution in [0.25, 0.3) is 0 Å². The van der Waals surface area contributed by atoms with Gasteiger partial charge in [-0.15, -0.1) is 0 Å². The molecule has 3 aromatic rings. The van der Waals surface area contributed by atoms with Crippen molar-refractivity contribution in [3.8, 4) is 29.4 Å². The molecule has 0 saturated carbocycles. The molecular formula is C21H12Cl2N2O2. The molecule has 0 saturated heterocycles. The van der Waals surface area contributed by atoms with Crippen LogP contribution in [0.5, 0.6) is 17.2 Å². The second kappa shape index (κ2) is 8.47. The molecule has 0 unspecified atom stereocenters.